The largest absolute Gasteiger partial charge is 0.305 e. The number of aromatic nitrogens is 4. The van der Waals surface area contributed by atoms with Gasteiger partial charge in [0.15, 0.2) is 5.82 Å². The zero-order chi connectivity index (χ0) is 16.4. The van der Waals surface area contributed by atoms with Gasteiger partial charge in [0.1, 0.15) is 0 Å². The van der Waals surface area contributed by atoms with Crippen molar-refractivity contribution in [1.82, 2.24) is 20.4 Å². The van der Waals surface area contributed by atoms with Crippen molar-refractivity contribution in [2.45, 2.75) is 44.4 Å². The number of anilines is 1. The molecule has 1 aliphatic rings. The number of rotatable bonds is 3. The van der Waals surface area contributed by atoms with Gasteiger partial charge in [-0.15, -0.1) is 0 Å². The molecule has 0 saturated heterocycles. The molecule has 3 aromatic rings. The second-order valence-electron chi connectivity index (χ2n) is 6.52. The first-order valence-electron chi connectivity index (χ1n) is 8.59. The number of aromatic amines is 2. The smallest absolute Gasteiger partial charge is 0.256 e. The number of carbonyl (C=O) groups is 1. The van der Waals surface area contributed by atoms with E-state index in [2.05, 4.69) is 25.7 Å². The number of nitrogens with one attached hydrogen (secondary N) is 3. The van der Waals surface area contributed by atoms with Gasteiger partial charge in [-0.25, -0.2) is 0 Å². The molecule has 24 heavy (non-hydrogen) atoms. The van der Waals surface area contributed by atoms with Gasteiger partial charge in [0.25, 0.3) is 5.91 Å². The molecule has 1 fully saturated rings. The van der Waals surface area contributed by atoms with Crippen molar-refractivity contribution in [3.63, 3.8) is 0 Å². The molecule has 3 N–H and O–H groups in total. The Balaban J connectivity index is 1.47. The molecule has 1 amide bonds. The number of hydrogen-bond donors (Lipinski definition) is 3. The number of benzene rings is 1. The summed E-state index contributed by atoms with van der Waals surface area (Å²) in [5.74, 6) is 0.969. The highest BCUT2D eigenvalue weighted by atomic mass is 16.1. The molecule has 0 atom stereocenters. The average molecular weight is 323 g/mol. The minimum absolute atomic E-state index is 0.156. The SMILES string of the molecule is O=C(Nc1cc(C2CCCCCC2)[nH]n1)c1ccc2[nH]ncc2c1. The number of carbonyl (C=O) groups excluding carboxylic acids is 1. The second-order valence-corrected chi connectivity index (χ2v) is 6.52. The molecule has 1 aliphatic carbocycles. The Labute approximate surface area is 140 Å². The maximum Gasteiger partial charge on any atom is 0.256 e. The van der Waals surface area contributed by atoms with Gasteiger partial charge in [-0.05, 0) is 31.0 Å². The third-order valence-electron chi connectivity index (χ3n) is 4.84. The maximum absolute atomic E-state index is 12.4. The number of hydrogen-bond acceptors (Lipinski definition) is 3. The molecule has 0 unspecified atom stereocenters. The molecule has 0 bridgehead atoms. The summed E-state index contributed by atoms with van der Waals surface area (Å²) >= 11 is 0. The molecular weight excluding hydrogens is 302 g/mol. The highest BCUT2D eigenvalue weighted by Crippen LogP contribution is 2.31. The topological polar surface area (TPSA) is 86.5 Å². The van der Waals surface area contributed by atoms with Crippen molar-refractivity contribution in [3.8, 4) is 0 Å². The van der Waals surface area contributed by atoms with Crippen LogP contribution in [-0.4, -0.2) is 26.3 Å². The lowest BCUT2D eigenvalue weighted by Gasteiger charge is -2.10. The zero-order valence-corrected chi connectivity index (χ0v) is 13.5. The third-order valence-corrected chi connectivity index (χ3v) is 4.84. The van der Waals surface area contributed by atoms with Gasteiger partial charge in [0.2, 0.25) is 0 Å². The van der Waals surface area contributed by atoms with Gasteiger partial charge >= 0.3 is 0 Å². The second kappa shape index (κ2) is 6.47. The Morgan fingerprint density at radius 2 is 1.92 bits per heavy atom. The Kier molecular flexibility index (Phi) is 4.02. The summed E-state index contributed by atoms with van der Waals surface area (Å²) in [7, 11) is 0. The lowest BCUT2D eigenvalue weighted by Crippen LogP contribution is -2.11. The van der Waals surface area contributed by atoms with Crippen LogP contribution in [0.2, 0.25) is 0 Å². The first kappa shape index (κ1) is 14.9. The molecule has 6 heteroatoms. The first-order chi connectivity index (χ1) is 11.8. The predicted molar refractivity (Wildman–Crippen MR) is 93.1 cm³/mol. The van der Waals surface area contributed by atoms with Crippen molar-refractivity contribution >= 4 is 22.6 Å². The molecule has 1 aromatic carbocycles. The van der Waals surface area contributed by atoms with Crippen LogP contribution in [0.4, 0.5) is 5.82 Å². The molecular formula is C18H21N5O. The molecule has 6 nitrogen and oxygen atoms in total. The maximum atomic E-state index is 12.4. The first-order valence-corrected chi connectivity index (χ1v) is 8.59. The van der Waals surface area contributed by atoms with E-state index in [1.165, 1.54) is 38.5 Å². The van der Waals surface area contributed by atoms with E-state index < -0.39 is 0 Å². The Morgan fingerprint density at radius 3 is 2.75 bits per heavy atom. The van der Waals surface area contributed by atoms with Crippen LogP contribution in [-0.2, 0) is 0 Å². The van der Waals surface area contributed by atoms with Gasteiger partial charge < -0.3 is 5.32 Å². The van der Waals surface area contributed by atoms with E-state index in [0.29, 0.717) is 17.3 Å². The van der Waals surface area contributed by atoms with Crippen molar-refractivity contribution in [2.24, 2.45) is 0 Å². The predicted octanol–water partition coefficient (Wildman–Crippen LogP) is 3.98. The fraction of sp³-hybridized carbons (Fsp3) is 0.389. The summed E-state index contributed by atoms with van der Waals surface area (Å²) in [6.07, 6.45) is 9.31. The van der Waals surface area contributed by atoms with Crippen molar-refractivity contribution in [3.05, 3.63) is 41.7 Å². The van der Waals surface area contributed by atoms with Crippen LogP contribution in [0, 0.1) is 0 Å². The normalized spacial score (nSPS) is 16.2. The summed E-state index contributed by atoms with van der Waals surface area (Å²) < 4.78 is 0. The lowest BCUT2D eigenvalue weighted by atomic mass is 9.97. The zero-order valence-electron chi connectivity index (χ0n) is 13.5. The standard InChI is InChI=1S/C18H21N5O/c24-18(13-7-8-15-14(9-13)11-19-21-15)20-17-10-16(22-23-17)12-5-3-1-2-4-6-12/h7-12H,1-6H2,(H,19,21)(H2,20,22,23,24). The van der Waals surface area contributed by atoms with Crippen LogP contribution in [0.3, 0.4) is 0 Å². The molecule has 1 saturated carbocycles. The lowest BCUT2D eigenvalue weighted by molar-refractivity contribution is 0.102. The molecule has 0 aliphatic heterocycles. The Bertz CT molecular complexity index is 842. The number of H-pyrrole nitrogens is 2. The quantitative estimate of drug-likeness (QED) is 0.637. The number of amides is 1. The summed E-state index contributed by atoms with van der Waals surface area (Å²) in [4.78, 5) is 12.4. The van der Waals surface area contributed by atoms with E-state index >= 15 is 0 Å². The highest BCUT2D eigenvalue weighted by molar-refractivity contribution is 6.05. The van der Waals surface area contributed by atoms with Gasteiger partial charge in [-0.3, -0.25) is 15.0 Å². The van der Waals surface area contributed by atoms with E-state index in [9.17, 15) is 4.79 Å². The fourth-order valence-corrected chi connectivity index (χ4v) is 3.47. The molecule has 124 valence electrons. The van der Waals surface area contributed by atoms with E-state index in [4.69, 9.17) is 0 Å². The third kappa shape index (κ3) is 3.04. The van der Waals surface area contributed by atoms with E-state index in [0.717, 1.165) is 16.6 Å². The van der Waals surface area contributed by atoms with Crippen LogP contribution < -0.4 is 5.32 Å². The minimum Gasteiger partial charge on any atom is -0.305 e. The van der Waals surface area contributed by atoms with E-state index in [-0.39, 0.29) is 5.91 Å². The Morgan fingerprint density at radius 1 is 1.08 bits per heavy atom. The van der Waals surface area contributed by atoms with Gasteiger partial charge in [-0.1, -0.05) is 25.7 Å². The van der Waals surface area contributed by atoms with Crippen molar-refractivity contribution in [2.75, 3.05) is 5.32 Å². The van der Waals surface area contributed by atoms with Gasteiger partial charge in [-0.2, -0.15) is 10.2 Å². The minimum atomic E-state index is -0.156. The molecule has 0 spiro atoms. The highest BCUT2D eigenvalue weighted by Gasteiger charge is 2.17. The van der Waals surface area contributed by atoms with E-state index in [1.54, 1.807) is 12.3 Å². The monoisotopic (exact) mass is 323 g/mol. The molecule has 0 radical (unpaired) electrons. The van der Waals surface area contributed by atoms with Crippen molar-refractivity contribution < 1.29 is 4.79 Å². The summed E-state index contributed by atoms with van der Waals surface area (Å²) in [5.41, 5.74) is 2.65. The summed E-state index contributed by atoms with van der Waals surface area (Å²) in [6, 6.07) is 7.45. The van der Waals surface area contributed by atoms with Crippen molar-refractivity contribution in [1.29, 1.82) is 0 Å². The van der Waals surface area contributed by atoms with Crippen LogP contribution in [0.5, 0.6) is 0 Å². The van der Waals surface area contributed by atoms with E-state index in [1.807, 2.05) is 18.2 Å². The molecule has 2 aromatic heterocycles. The van der Waals surface area contributed by atoms with Crippen LogP contribution in [0.15, 0.2) is 30.5 Å². The average Bonchev–Trinajstić information content (AvgIpc) is 3.17. The fourth-order valence-electron chi connectivity index (χ4n) is 3.47. The van der Waals surface area contributed by atoms with Gasteiger partial charge in [0.05, 0.1) is 11.7 Å². The van der Waals surface area contributed by atoms with Gasteiger partial charge in [0, 0.05) is 28.6 Å². The van der Waals surface area contributed by atoms with Crippen LogP contribution in [0.1, 0.15) is 60.5 Å². The molecule has 4 rings (SSSR count). The Hall–Kier alpha value is -2.63. The summed E-state index contributed by atoms with van der Waals surface area (Å²) in [5, 5.41) is 18.0. The number of nitrogens with zero attached hydrogens (tertiary/aromatic N) is 2. The summed E-state index contributed by atoms with van der Waals surface area (Å²) in [6.45, 7) is 0. The van der Waals surface area contributed by atoms with Crippen LogP contribution in [0.25, 0.3) is 10.9 Å². The molecule has 2 heterocycles. The number of fused-ring (bicyclic) bond motifs is 1. The van der Waals surface area contributed by atoms with Crippen LogP contribution >= 0.6 is 0 Å².